The van der Waals surface area contributed by atoms with Gasteiger partial charge in [0, 0.05) is 51.3 Å². The van der Waals surface area contributed by atoms with Gasteiger partial charge in [-0.05, 0) is 30.2 Å². The summed E-state index contributed by atoms with van der Waals surface area (Å²) in [6, 6.07) is 7.07. The number of nitrogens with one attached hydrogen (secondary N) is 1. The minimum atomic E-state index is -0.0756. The van der Waals surface area contributed by atoms with E-state index in [0.717, 1.165) is 38.5 Å². The number of carbonyl (C=O) groups excluding carboxylic acids is 2. The van der Waals surface area contributed by atoms with Crippen LogP contribution in [0, 0.1) is 5.92 Å². The number of rotatable bonds is 7. The standard InChI is InChI=1S/C19H29N3O3/c1-15(2)14-18(23)22-12-10-21(11-13-22)9-8-20-19(24)16-4-6-17(25-3)7-5-16/h4-7,15H,8-14H2,1-3H3,(H,20,24). The van der Waals surface area contributed by atoms with Crippen LogP contribution < -0.4 is 10.1 Å². The van der Waals surface area contributed by atoms with Gasteiger partial charge >= 0.3 is 0 Å². The van der Waals surface area contributed by atoms with E-state index < -0.39 is 0 Å². The summed E-state index contributed by atoms with van der Waals surface area (Å²) in [5, 5.41) is 2.94. The Bertz CT molecular complexity index is 564. The van der Waals surface area contributed by atoms with Crippen LogP contribution in [0.25, 0.3) is 0 Å². The second-order valence-corrected chi connectivity index (χ2v) is 6.80. The second-order valence-electron chi connectivity index (χ2n) is 6.80. The lowest BCUT2D eigenvalue weighted by Crippen LogP contribution is -2.50. The first-order valence-electron chi connectivity index (χ1n) is 8.92. The van der Waals surface area contributed by atoms with Crippen LogP contribution in [0.1, 0.15) is 30.6 Å². The van der Waals surface area contributed by atoms with Crippen molar-refractivity contribution in [2.24, 2.45) is 5.92 Å². The van der Waals surface area contributed by atoms with Crippen LogP contribution >= 0.6 is 0 Å². The summed E-state index contributed by atoms with van der Waals surface area (Å²) in [6.45, 7) is 8.82. The summed E-state index contributed by atoms with van der Waals surface area (Å²) in [7, 11) is 1.60. The number of benzene rings is 1. The van der Waals surface area contributed by atoms with Crippen molar-refractivity contribution in [2.45, 2.75) is 20.3 Å². The Balaban J connectivity index is 1.67. The van der Waals surface area contributed by atoms with Gasteiger partial charge < -0.3 is 15.0 Å². The van der Waals surface area contributed by atoms with Gasteiger partial charge in [-0.25, -0.2) is 0 Å². The molecule has 2 amide bonds. The van der Waals surface area contributed by atoms with Gasteiger partial charge in [0.05, 0.1) is 7.11 Å². The number of ether oxygens (including phenoxy) is 1. The zero-order chi connectivity index (χ0) is 18.2. The fourth-order valence-corrected chi connectivity index (χ4v) is 2.87. The minimum absolute atomic E-state index is 0.0756. The van der Waals surface area contributed by atoms with Crippen molar-refractivity contribution in [2.75, 3.05) is 46.4 Å². The molecule has 0 radical (unpaired) electrons. The molecule has 0 saturated carbocycles. The topological polar surface area (TPSA) is 61.9 Å². The Kier molecular flexibility index (Phi) is 7.25. The molecule has 138 valence electrons. The fourth-order valence-electron chi connectivity index (χ4n) is 2.87. The summed E-state index contributed by atoms with van der Waals surface area (Å²) in [5.74, 6) is 1.32. The predicted molar refractivity (Wildman–Crippen MR) is 97.8 cm³/mol. The monoisotopic (exact) mass is 347 g/mol. The molecule has 0 spiro atoms. The fraction of sp³-hybridized carbons (Fsp3) is 0.579. The molecule has 2 rings (SSSR count). The van der Waals surface area contributed by atoms with E-state index in [0.29, 0.717) is 24.4 Å². The summed E-state index contributed by atoms with van der Waals surface area (Å²) in [6.07, 6.45) is 0.623. The molecule has 0 atom stereocenters. The first kappa shape index (κ1) is 19.2. The smallest absolute Gasteiger partial charge is 0.251 e. The lowest BCUT2D eigenvalue weighted by atomic mass is 10.1. The average Bonchev–Trinajstić information content (AvgIpc) is 2.61. The van der Waals surface area contributed by atoms with Crippen molar-refractivity contribution >= 4 is 11.8 Å². The van der Waals surface area contributed by atoms with Crippen molar-refractivity contribution in [3.8, 4) is 5.75 Å². The summed E-state index contributed by atoms with van der Waals surface area (Å²) < 4.78 is 5.09. The SMILES string of the molecule is COc1ccc(C(=O)NCCN2CCN(C(=O)CC(C)C)CC2)cc1. The van der Waals surface area contributed by atoms with Crippen molar-refractivity contribution in [3.63, 3.8) is 0 Å². The van der Waals surface area contributed by atoms with Crippen LogP contribution in [0.2, 0.25) is 0 Å². The van der Waals surface area contributed by atoms with Gasteiger partial charge in [-0.3, -0.25) is 14.5 Å². The maximum Gasteiger partial charge on any atom is 0.251 e. The van der Waals surface area contributed by atoms with Gasteiger partial charge in [0.15, 0.2) is 0 Å². The van der Waals surface area contributed by atoms with Crippen LogP contribution in [0.5, 0.6) is 5.75 Å². The third-order valence-electron chi connectivity index (χ3n) is 4.37. The van der Waals surface area contributed by atoms with E-state index >= 15 is 0 Å². The largest absolute Gasteiger partial charge is 0.497 e. The molecule has 0 aliphatic carbocycles. The molecule has 1 aromatic rings. The molecule has 1 heterocycles. The highest BCUT2D eigenvalue weighted by Crippen LogP contribution is 2.11. The summed E-state index contributed by atoms with van der Waals surface area (Å²) in [5.41, 5.74) is 0.630. The Labute approximate surface area is 150 Å². The zero-order valence-corrected chi connectivity index (χ0v) is 15.5. The Morgan fingerprint density at radius 3 is 2.32 bits per heavy atom. The van der Waals surface area contributed by atoms with Crippen LogP contribution in [0.4, 0.5) is 0 Å². The van der Waals surface area contributed by atoms with E-state index in [1.54, 1.807) is 31.4 Å². The third kappa shape index (κ3) is 6.05. The molecule has 1 aromatic carbocycles. The van der Waals surface area contributed by atoms with Gasteiger partial charge in [0.2, 0.25) is 5.91 Å². The molecule has 1 aliphatic rings. The zero-order valence-electron chi connectivity index (χ0n) is 15.5. The maximum atomic E-state index is 12.1. The second kappa shape index (κ2) is 9.42. The van der Waals surface area contributed by atoms with Crippen LogP contribution in [0.3, 0.4) is 0 Å². The molecular weight excluding hydrogens is 318 g/mol. The number of piperazine rings is 1. The molecule has 6 heteroatoms. The molecule has 1 N–H and O–H groups in total. The van der Waals surface area contributed by atoms with Gasteiger partial charge in [-0.2, -0.15) is 0 Å². The molecule has 1 aliphatic heterocycles. The van der Waals surface area contributed by atoms with E-state index in [-0.39, 0.29) is 11.8 Å². The predicted octanol–water partition coefficient (Wildman–Crippen LogP) is 1.62. The van der Waals surface area contributed by atoms with Gasteiger partial charge in [0.25, 0.3) is 5.91 Å². The number of hydrogen-bond acceptors (Lipinski definition) is 4. The number of amides is 2. The maximum absolute atomic E-state index is 12.1. The number of nitrogens with zero attached hydrogens (tertiary/aromatic N) is 2. The van der Waals surface area contributed by atoms with Crippen LogP contribution in [0.15, 0.2) is 24.3 Å². The van der Waals surface area contributed by atoms with E-state index in [1.165, 1.54) is 0 Å². The Hall–Kier alpha value is -2.08. The van der Waals surface area contributed by atoms with E-state index in [4.69, 9.17) is 4.74 Å². The molecule has 1 saturated heterocycles. The number of hydrogen-bond donors (Lipinski definition) is 1. The van der Waals surface area contributed by atoms with Gasteiger partial charge in [0.1, 0.15) is 5.75 Å². The van der Waals surface area contributed by atoms with Crippen molar-refractivity contribution in [1.29, 1.82) is 0 Å². The first-order valence-corrected chi connectivity index (χ1v) is 8.92. The molecule has 6 nitrogen and oxygen atoms in total. The number of carbonyl (C=O) groups is 2. The molecule has 0 aromatic heterocycles. The van der Waals surface area contributed by atoms with E-state index in [9.17, 15) is 9.59 Å². The van der Waals surface area contributed by atoms with Gasteiger partial charge in [-0.1, -0.05) is 13.8 Å². The number of methoxy groups -OCH3 is 1. The average molecular weight is 347 g/mol. The minimum Gasteiger partial charge on any atom is -0.497 e. The normalized spacial score (nSPS) is 15.3. The van der Waals surface area contributed by atoms with E-state index in [2.05, 4.69) is 24.1 Å². The molecule has 0 bridgehead atoms. The molecule has 25 heavy (non-hydrogen) atoms. The van der Waals surface area contributed by atoms with Crippen LogP contribution in [-0.4, -0.2) is 68.0 Å². The van der Waals surface area contributed by atoms with Crippen LogP contribution in [-0.2, 0) is 4.79 Å². The quantitative estimate of drug-likeness (QED) is 0.814. The van der Waals surface area contributed by atoms with Gasteiger partial charge in [-0.15, -0.1) is 0 Å². The Morgan fingerprint density at radius 1 is 1.12 bits per heavy atom. The summed E-state index contributed by atoms with van der Waals surface area (Å²) >= 11 is 0. The highest BCUT2D eigenvalue weighted by atomic mass is 16.5. The highest BCUT2D eigenvalue weighted by Gasteiger charge is 2.21. The van der Waals surface area contributed by atoms with E-state index in [1.807, 2.05) is 4.90 Å². The van der Waals surface area contributed by atoms with Crippen molar-refractivity contribution in [3.05, 3.63) is 29.8 Å². The lowest BCUT2D eigenvalue weighted by molar-refractivity contribution is -0.133. The summed E-state index contributed by atoms with van der Waals surface area (Å²) in [4.78, 5) is 28.4. The highest BCUT2D eigenvalue weighted by molar-refractivity contribution is 5.94. The van der Waals surface area contributed by atoms with Crippen molar-refractivity contribution in [1.82, 2.24) is 15.1 Å². The van der Waals surface area contributed by atoms with Crippen molar-refractivity contribution < 1.29 is 14.3 Å². The third-order valence-corrected chi connectivity index (χ3v) is 4.37. The first-order chi connectivity index (χ1) is 12.0. The Morgan fingerprint density at radius 2 is 1.76 bits per heavy atom. The molecule has 1 fully saturated rings. The lowest BCUT2D eigenvalue weighted by Gasteiger charge is -2.35. The molecular formula is C19H29N3O3. The molecule has 0 unspecified atom stereocenters.